The number of rotatable bonds is 3. The van der Waals surface area contributed by atoms with E-state index >= 15 is 0 Å². The Kier molecular flexibility index (Phi) is 3.97. The summed E-state index contributed by atoms with van der Waals surface area (Å²) in [5.41, 5.74) is 1.15. The van der Waals surface area contributed by atoms with Gasteiger partial charge in [0.1, 0.15) is 0 Å². The van der Waals surface area contributed by atoms with E-state index in [2.05, 4.69) is 12.6 Å². The van der Waals surface area contributed by atoms with Crippen LogP contribution in [-0.2, 0) is 4.79 Å². The van der Waals surface area contributed by atoms with Gasteiger partial charge in [-0.05, 0) is 36.8 Å². The summed E-state index contributed by atoms with van der Waals surface area (Å²) in [4.78, 5) is 25.2. The first-order chi connectivity index (χ1) is 8.52. The van der Waals surface area contributed by atoms with Crippen molar-refractivity contribution in [3.8, 4) is 0 Å². The molecule has 0 radical (unpaired) electrons. The van der Waals surface area contributed by atoms with E-state index in [-0.39, 0.29) is 17.6 Å². The highest BCUT2D eigenvalue weighted by Gasteiger charge is 2.31. The standard InChI is InChI=1S/C13H14ClNO2S/c1-8(16)11-5-10(14)2-3-12(11)15-6-9(7-18)4-13(15)17/h2-3,5,9,18H,4,6-7H2,1H3. The van der Waals surface area contributed by atoms with Crippen molar-refractivity contribution < 1.29 is 9.59 Å². The highest BCUT2D eigenvalue weighted by Crippen LogP contribution is 2.30. The minimum absolute atomic E-state index is 0.0406. The number of anilines is 1. The normalized spacial score (nSPS) is 19.4. The van der Waals surface area contributed by atoms with Crippen molar-refractivity contribution in [3.05, 3.63) is 28.8 Å². The van der Waals surface area contributed by atoms with E-state index in [0.717, 1.165) is 0 Å². The quantitative estimate of drug-likeness (QED) is 0.684. The Morgan fingerprint density at radius 1 is 1.56 bits per heavy atom. The fourth-order valence-electron chi connectivity index (χ4n) is 2.16. The van der Waals surface area contributed by atoms with Crippen molar-refractivity contribution in [2.24, 2.45) is 5.92 Å². The molecule has 0 bridgehead atoms. The number of nitrogens with zero attached hydrogens (tertiary/aromatic N) is 1. The first-order valence-corrected chi connectivity index (χ1v) is 6.75. The summed E-state index contributed by atoms with van der Waals surface area (Å²) >= 11 is 10.1. The lowest BCUT2D eigenvalue weighted by atomic mass is 10.1. The molecule has 1 aromatic carbocycles. The van der Waals surface area contributed by atoms with Crippen LogP contribution in [0.3, 0.4) is 0 Å². The zero-order valence-corrected chi connectivity index (χ0v) is 11.7. The van der Waals surface area contributed by atoms with Gasteiger partial charge in [-0.25, -0.2) is 0 Å². The summed E-state index contributed by atoms with van der Waals surface area (Å²) in [6, 6.07) is 5.04. The van der Waals surface area contributed by atoms with Crippen LogP contribution in [0.15, 0.2) is 18.2 Å². The molecule has 1 heterocycles. The number of Topliss-reactive ketones (excluding diaryl/α,β-unsaturated/α-hetero) is 1. The topological polar surface area (TPSA) is 37.4 Å². The maximum absolute atomic E-state index is 12.0. The van der Waals surface area contributed by atoms with Crippen molar-refractivity contribution in [3.63, 3.8) is 0 Å². The van der Waals surface area contributed by atoms with Gasteiger partial charge in [-0.2, -0.15) is 12.6 Å². The molecule has 0 aromatic heterocycles. The molecule has 0 N–H and O–H groups in total. The molecular formula is C13H14ClNO2S. The van der Waals surface area contributed by atoms with Gasteiger partial charge in [0.15, 0.2) is 5.78 Å². The van der Waals surface area contributed by atoms with Gasteiger partial charge in [0.05, 0.1) is 5.69 Å². The predicted molar refractivity (Wildman–Crippen MR) is 75.8 cm³/mol. The Morgan fingerprint density at radius 3 is 2.83 bits per heavy atom. The van der Waals surface area contributed by atoms with Crippen molar-refractivity contribution in [1.82, 2.24) is 0 Å². The fraction of sp³-hybridized carbons (Fsp3) is 0.385. The lowest BCUT2D eigenvalue weighted by molar-refractivity contribution is -0.117. The second-order valence-electron chi connectivity index (χ2n) is 4.47. The van der Waals surface area contributed by atoms with Crippen LogP contribution < -0.4 is 4.90 Å². The summed E-state index contributed by atoms with van der Waals surface area (Å²) < 4.78 is 0. The number of ketones is 1. The Morgan fingerprint density at radius 2 is 2.28 bits per heavy atom. The summed E-state index contributed by atoms with van der Waals surface area (Å²) in [6.45, 7) is 2.09. The molecule has 1 aromatic rings. The van der Waals surface area contributed by atoms with Gasteiger partial charge >= 0.3 is 0 Å². The van der Waals surface area contributed by atoms with E-state index in [0.29, 0.717) is 35.0 Å². The number of benzene rings is 1. The molecule has 1 fully saturated rings. The molecule has 1 aliphatic heterocycles. The van der Waals surface area contributed by atoms with Crippen LogP contribution in [0.1, 0.15) is 23.7 Å². The average Bonchev–Trinajstić information content (AvgIpc) is 2.70. The smallest absolute Gasteiger partial charge is 0.227 e. The molecule has 2 rings (SSSR count). The first-order valence-electron chi connectivity index (χ1n) is 5.74. The molecule has 96 valence electrons. The predicted octanol–water partition coefficient (Wildman–Crippen LogP) is 2.83. The van der Waals surface area contributed by atoms with Gasteiger partial charge in [0.25, 0.3) is 0 Å². The second-order valence-corrected chi connectivity index (χ2v) is 5.28. The largest absolute Gasteiger partial charge is 0.311 e. The molecule has 5 heteroatoms. The van der Waals surface area contributed by atoms with Crippen LogP contribution in [0, 0.1) is 5.92 Å². The number of halogens is 1. The van der Waals surface area contributed by atoms with Crippen molar-refractivity contribution in [2.45, 2.75) is 13.3 Å². The molecule has 3 nitrogen and oxygen atoms in total. The Hall–Kier alpha value is -1.00. The fourth-order valence-corrected chi connectivity index (χ4v) is 2.58. The van der Waals surface area contributed by atoms with Crippen molar-refractivity contribution >= 4 is 41.6 Å². The number of hydrogen-bond donors (Lipinski definition) is 1. The van der Waals surface area contributed by atoms with Crippen LogP contribution >= 0.6 is 24.2 Å². The molecular weight excluding hydrogens is 270 g/mol. The zero-order chi connectivity index (χ0) is 13.3. The van der Waals surface area contributed by atoms with Crippen molar-refractivity contribution in [2.75, 3.05) is 17.2 Å². The summed E-state index contributed by atoms with van der Waals surface area (Å²) in [6.07, 6.45) is 0.490. The number of carbonyl (C=O) groups excluding carboxylic acids is 2. The average molecular weight is 284 g/mol. The van der Waals surface area contributed by atoms with E-state index in [4.69, 9.17) is 11.6 Å². The van der Waals surface area contributed by atoms with Gasteiger partial charge in [-0.3, -0.25) is 9.59 Å². The number of thiol groups is 1. The summed E-state index contributed by atoms with van der Waals surface area (Å²) in [7, 11) is 0. The minimum Gasteiger partial charge on any atom is -0.311 e. The van der Waals surface area contributed by atoms with Gasteiger partial charge in [-0.15, -0.1) is 0 Å². The van der Waals surface area contributed by atoms with E-state index in [9.17, 15) is 9.59 Å². The number of carbonyl (C=O) groups is 2. The zero-order valence-electron chi connectivity index (χ0n) is 10.0. The van der Waals surface area contributed by atoms with E-state index in [1.54, 1.807) is 23.1 Å². The highest BCUT2D eigenvalue weighted by atomic mass is 35.5. The third-order valence-corrected chi connectivity index (χ3v) is 3.84. The van der Waals surface area contributed by atoms with Crippen LogP contribution in [0.2, 0.25) is 5.02 Å². The third kappa shape index (κ3) is 2.54. The molecule has 0 saturated carbocycles. The highest BCUT2D eigenvalue weighted by molar-refractivity contribution is 7.80. The maximum atomic E-state index is 12.0. The Bertz CT molecular complexity index is 504. The van der Waals surface area contributed by atoms with E-state index in [1.165, 1.54) is 6.92 Å². The molecule has 0 aliphatic carbocycles. The lowest BCUT2D eigenvalue weighted by Crippen LogP contribution is -2.26. The third-order valence-electron chi connectivity index (χ3n) is 3.09. The summed E-state index contributed by atoms with van der Waals surface area (Å²) in [5, 5.41) is 0.501. The molecule has 1 aliphatic rings. The van der Waals surface area contributed by atoms with Gasteiger partial charge in [0.2, 0.25) is 5.91 Å². The van der Waals surface area contributed by atoms with Crippen LogP contribution in [0.5, 0.6) is 0 Å². The Balaban J connectivity index is 2.39. The van der Waals surface area contributed by atoms with Crippen LogP contribution in [0.25, 0.3) is 0 Å². The first kappa shape index (κ1) is 13.4. The molecule has 18 heavy (non-hydrogen) atoms. The van der Waals surface area contributed by atoms with E-state index < -0.39 is 0 Å². The summed E-state index contributed by atoms with van der Waals surface area (Å²) in [5.74, 6) is 0.871. The van der Waals surface area contributed by atoms with Gasteiger partial charge < -0.3 is 4.90 Å². The monoisotopic (exact) mass is 283 g/mol. The van der Waals surface area contributed by atoms with Crippen LogP contribution in [0.4, 0.5) is 5.69 Å². The molecule has 1 unspecified atom stereocenters. The number of amides is 1. The Labute approximate surface area is 117 Å². The lowest BCUT2D eigenvalue weighted by Gasteiger charge is -2.19. The van der Waals surface area contributed by atoms with Gasteiger partial charge in [-0.1, -0.05) is 11.6 Å². The van der Waals surface area contributed by atoms with Crippen LogP contribution in [-0.4, -0.2) is 24.0 Å². The van der Waals surface area contributed by atoms with Crippen molar-refractivity contribution in [1.29, 1.82) is 0 Å². The SMILES string of the molecule is CC(=O)c1cc(Cl)ccc1N1CC(CS)CC1=O. The van der Waals surface area contributed by atoms with E-state index in [1.807, 2.05) is 0 Å². The molecule has 1 amide bonds. The maximum Gasteiger partial charge on any atom is 0.227 e. The molecule has 1 atom stereocenters. The minimum atomic E-state index is -0.0883. The molecule has 0 spiro atoms. The molecule has 1 saturated heterocycles. The number of hydrogen-bond acceptors (Lipinski definition) is 3. The van der Waals surface area contributed by atoms with Gasteiger partial charge in [0, 0.05) is 23.6 Å². The second kappa shape index (κ2) is 5.33.